The number of carboxylic acid groups (broad SMARTS) is 1. The fourth-order valence-electron chi connectivity index (χ4n) is 3.58. The van der Waals surface area contributed by atoms with Crippen LogP contribution in [-0.2, 0) is 14.3 Å². The molecule has 0 aromatic heterocycles. The van der Waals surface area contributed by atoms with Gasteiger partial charge in [0, 0.05) is 12.5 Å². The van der Waals surface area contributed by atoms with E-state index in [2.05, 4.69) is 13.8 Å². The molecule has 1 atom stereocenters. The number of morpholine rings is 1. The second-order valence-electron chi connectivity index (χ2n) is 6.71. The van der Waals surface area contributed by atoms with Gasteiger partial charge in [0.15, 0.2) is 0 Å². The average Bonchev–Trinajstić information content (AvgIpc) is 2.46. The molecule has 5 nitrogen and oxygen atoms in total. The van der Waals surface area contributed by atoms with Crippen LogP contribution >= 0.6 is 0 Å². The topological polar surface area (TPSA) is 66.8 Å². The summed E-state index contributed by atoms with van der Waals surface area (Å²) >= 11 is 0. The van der Waals surface area contributed by atoms with Gasteiger partial charge in [0.2, 0.25) is 5.91 Å². The van der Waals surface area contributed by atoms with Crippen LogP contribution in [0.4, 0.5) is 0 Å². The first-order chi connectivity index (χ1) is 9.99. The zero-order chi connectivity index (χ0) is 15.4. The first kappa shape index (κ1) is 16.3. The molecule has 1 N–H and O–H groups in total. The van der Waals surface area contributed by atoms with E-state index in [0.717, 1.165) is 31.6 Å². The fraction of sp³-hybridized carbons (Fsp3) is 0.875. The summed E-state index contributed by atoms with van der Waals surface area (Å²) in [5, 5.41) is 8.98. The normalized spacial score (nSPS) is 30.4. The van der Waals surface area contributed by atoms with Crippen molar-refractivity contribution >= 4 is 11.9 Å². The monoisotopic (exact) mass is 297 g/mol. The van der Waals surface area contributed by atoms with Crippen LogP contribution in [0.25, 0.3) is 0 Å². The van der Waals surface area contributed by atoms with Crippen molar-refractivity contribution in [1.29, 1.82) is 0 Å². The Morgan fingerprint density at radius 1 is 1.24 bits per heavy atom. The molecule has 1 unspecified atom stereocenters. The minimum absolute atomic E-state index is 0.0208. The Bertz CT molecular complexity index is 374. The minimum Gasteiger partial charge on any atom is -0.481 e. The number of carboxylic acids is 1. The summed E-state index contributed by atoms with van der Waals surface area (Å²) in [7, 11) is 0. The predicted octanol–water partition coefficient (Wildman–Crippen LogP) is 2.15. The van der Waals surface area contributed by atoms with E-state index in [1.54, 1.807) is 4.90 Å². The van der Waals surface area contributed by atoms with Gasteiger partial charge in [-0.05, 0) is 37.5 Å². The number of nitrogens with zero attached hydrogens (tertiary/aromatic N) is 1. The Hall–Kier alpha value is -1.10. The molecule has 1 amide bonds. The number of hydrogen-bond acceptors (Lipinski definition) is 3. The number of carbonyl (C=O) groups excluding carboxylic acids is 1. The molecule has 0 spiro atoms. The molecule has 0 radical (unpaired) electrons. The largest absolute Gasteiger partial charge is 0.481 e. The molecule has 0 bridgehead atoms. The van der Waals surface area contributed by atoms with Crippen LogP contribution in [-0.4, -0.2) is 47.7 Å². The van der Waals surface area contributed by atoms with E-state index in [1.165, 1.54) is 0 Å². The number of amides is 1. The van der Waals surface area contributed by atoms with Crippen molar-refractivity contribution in [3.05, 3.63) is 0 Å². The summed E-state index contributed by atoms with van der Waals surface area (Å²) in [4.78, 5) is 25.4. The zero-order valence-electron chi connectivity index (χ0n) is 13.1. The molecular weight excluding hydrogens is 270 g/mol. The molecule has 5 heteroatoms. The third-order valence-electron chi connectivity index (χ3n) is 4.98. The van der Waals surface area contributed by atoms with Crippen LogP contribution in [0, 0.1) is 17.8 Å². The Kier molecular flexibility index (Phi) is 5.62. The molecule has 2 fully saturated rings. The van der Waals surface area contributed by atoms with Crippen LogP contribution in [0.15, 0.2) is 0 Å². The number of rotatable bonds is 4. The van der Waals surface area contributed by atoms with Gasteiger partial charge in [-0.3, -0.25) is 9.59 Å². The van der Waals surface area contributed by atoms with Crippen LogP contribution in [0.1, 0.15) is 46.0 Å². The second-order valence-corrected chi connectivity index (χ2v) is 6.71. The van der Waals surface area contributed by atoms with E-state index in [9.17, 15) is 9.59 Å². The van der Waals surface area contributed by atoms with Crippen molar-refractivity contribution in [2.45, 2.75) is 52.0 Å². The molecular formula is C16H27NO4. The maximum Gasteiger partial charge on any atom is 0.305 e. The molecule has 1 aliphatic heterocycles. The van der Waals surface area contributed by atoms with Gasteiger partial charge in [0.25, 0.3) is 0 Å². The van der Waals surface area contributed by atoms with Gasteiger partial charge in [-0.2, -0.15) is 0 Å². The number of ether oxygens (including phenoxy) is 1. The highest BCUT2D eigenvalue weighted by atomic mass is 16.5. The average molecular weight is 297 g/mol. The predicted molar refractivity (Wildman–Crippen MR) is 78.9 cm³/mol. The number of hydrogen-bond donors (Lipinski definition) is 1. The van der Waals surface area contributed by atoms with Gasteiger partial charge in [0.05, 0.1) is 25.7 Å². The van der Waals surface area contributed by atoms with Crippen LogP contribution in [0.3, 0.4) is 0 Å². The molecule has 1 aliphatic carbocycles. The Balaban J connectivity index is 1.93. The van der Waals surface area contributed by atoms with Crippen molar-refractivity contribution in [2.75, 3.05) is 19.8 Å². The summed E-state index contributed by atoms with van der Waals surface area (Å²) in [5.41, 5.74) is 0. The Labute approximate surface area is 126 Å². The van der Waals surface area contributed by atoms with Crippen molar-refractivity contribution in [1.82, 2.24) is 4.90 Å². The molecule has 1 saturated heterocycles. The summed E-state index contributed by atoms with van der Waals surface area (Å²) < 4.78 is 5.34. The summed E-state index contributed by atoms with van der Waals surface area (Å²) in [6.45, 7) is 5.89. The highest BCUT2D eigenvalue weighted by molar-refractivity contribution is 5.80. The van der Waals surface area contributed by atoms with E-state index in [4.69, 9.17) is 9.84 Å². The third kappa shape index (κ3) is 4.19. The van der Waals surface area contributed by atoms with Crippen molar-refractivity contribution in [3.8, 4) is 0 Å². The highest BCUT2D eigenvalue weighted by Crippen LogP contribution is 2.34. The van der Waals surface area contributed by atoms with Gasteiger partial charge in [-0.15, -0.1) is 0 Å². The van der Waals surface area contributed by atoms with Crippen LogP contribution < -0.4 is 0 Å². The smallest absolute Gasteiger partial charge is 0.305 e. The quantitative estimate of drug-likeness (QED) is 0.863. The Morgan fingerprint density at radius 2 is 1.90 bits per heavy atom. The maximum absolute atomic E-state index is 12.7. The Morgan fingerprint density at radius 3 is 2.48 bits per heavy atom. The summed E-state index contributed by atoms with van der Waals surface area (Å²) in [6, 6.07) is -0.299. The maximum atomic E-state index is 12.7. The molecule has 120 valence electrons. The van der Waals surface area contributed by atoms with E-state index >= 15 is 0 Å². The van der Waals surface area contributed by atoms with E-state index < -0.39 is 5.97 Å². The van der Waals surface area contributed by atoms with Crippen molar-refractivity contribution in [2.24, 2.45) is 17.8 Å². The summed E-state index contributed by atoms with van der Waals surface area (Å²) in [6.07, 6.45) is 4.09. The molecule has 21 heavy (non-hydrogen) atoms. The lowest BCUT2D eigenvalue weighted by Gasteiger charge is -2.39. The minimum atomic E-state index is -0.869. The number of carbonyl (C=O) groups is 2. The second kappa shape index (κ2) is 7.25. The molecule has 0 aromatic carbocycles. The van der Waals surface area contributed by atoms with Gasteiger partial charge < -0.3 is 14.7 Å². The third-order valence-corrected chi connectivity index (χ3v) is 4.98. The van der Waals surface area contributed by atoms with Crippen LogP contribution in [0.2, 0.25) is 0 Å². The molecule has 1 saturated carbocycles. The lowest BCUT2D eigenvalue weighted by atomic mass is 9.76. The van der Waals surface area contributed by atoms with Gasteiger partial charge >= 0.3 is 5.97 Å². The lowest BCUT2D eigenvalue weighted by Crippen LogP contribution is -2.51. The number of aliphatic carboxylic acids is 1. The summed E-state index contributed by atoms with van der Waals surface area (Å²) in [5.74, 6) is 0.769. The van der Waals surface area contributed by atoms with Crippen molar-refractivity contribution < 1.29 is 19.4 Å². The van der Waals surface area contributed by atoms with Gasteiger partial charge in [0.1, 0.15) is 0 Å². The zero-order valence-corrected chi connectivity index (χ0v) is 13.1. The van der Waals surface area contributed by atoms with Gasteiger partial charge in [-0.25, -0.2) is 0 Å². The van der Waals surface area contributed by atoms with E-state index in [1.807, 2.05) is 0 Å². The first-order valence-corrected chi connectivity index (χ1v) is 8.09. The first-order valence-electron chi connectivity index (χ1n) is 8.09. The SMILES string of the molecule is CC(C)C1CCC(C(=O)N2CCOCC2CC(=O)O)CC1. The standard InChI is InChI=1S/C16H27NO4/c1-11(2)12-3-5-13(6-4-12)16(20)17-7-8-21-10-14(17)9-15(18)19/h11-14H,3-10H2,1-2H3,(H,18,19). The molecule has 0 aromatic rings. The van der Waals surface area contributed by atoms with Crippen molar-refractivity contribution in [3.63, 3.8) is 0 Å². The molecule has 1 heterocycles. The van der Waals surface area contributed by atoms with E-state index in [0.29, 0.717) is 25.7 Å². The lowest BCUT2D eigenvalue weighted by molar-refractivity contribution is -0.150. The fourth-order valence-corrected chi connectivity index (χ4v) is 3.58. The molecule has 2 aliphatic rings. The molecule has 2 rings (SSSR count). The highest BCUT2D eigenvalue weighted by Gasteiger charge is 2.35. The van der Waals surface area contributed by atoms with Crippen LogP contribution in [0.5, 0.6) is 0 Å². The van der Waals surface area contributed by atoms with Gasteiger partial charge in [-0.1, -0.05) is 13.8 Å². The van der Waals surface area contributed by atoms with E-state index in [-0.39, 0.29) is 24.3 Å².